The third-order valence-electron chi connectivity index (χ3n) is 4.29. The molecular formula is C21H21N3O5. The summed E-state index contributed by atoms with van der Waals surface area (Å²) >= 11 is 0. The number of nitrogens with zero attached hydrogens (tertiary/aromatic N) is 1. The van der Waals surface area contributed by atoms with Crippen molar-refractivity contribution in [3.05, 3.63) is 77.5 Å². The van der Waals surface area contributed by atoms with E-state index in [-0.39, 0.29) is 29.7 Å². The summed E-state index contributed by atoms with van der Waals surface area (Å²) in [5.74, 6) is 0.253. The van der Waals surface area contributed by atoms with Crippen LogP contribution in [-0.4, -0.2) is 35.4 Å². The first-order valence-corrected chi connectivity index (χ1v) is 8.90. The lowest BCUT2D eigenvalue weighted by molar-refractivity contribution is 0.0900. The SMILES string of the molecule is COc1ccc(C(=O)CNC(=O)c2coc(C(N)Cc3ccc(O)cc3)n2)cc1. The van der Waals surface area contributed by atoms with Crippen molar-refractivity contribution < 1.29 is 23.8 Å². The molecule has 2 aromatic carbocycles. The lowest BCUT2D eigenvalue weighted by Crippen LogP contribution is -2.29. The molecule has 1 heterocycles. The number of carbonyl (C=O) groups is 2. The normalized spacial score (nSPS) is 11.7. The highest BCUT2D eigenvalue weighted by atomic mass is 16.5. The molecule has 3 aromatic rings. The largest absolute Gasteiger partial charge is 0.508 e. The van der Waals surface area contributed by atoms with E-state index < -0.39 is 11.9 Å². The van der Waals surface area contributed by atoms with Gasteiger partial charge in [0.05, 0.1) is 19.7 Å². The highest BCUT2D eigenvalue weighted by Crippen LogP contribution is 2.18. The average molecular weight is 395 g/mol. The number of amides is 1. The third kappa shape index (κ3) is 5.20. The Kier molecular flexibility index (Phi) is 6.25. The summed E-state index contributed by atoms with van der Waals surface area (Å²) in [6, 6.07) is 12.7. The molecule has 1 atom stereocenters. The summed E-state index contributed by atoms with van der Waals surface area (Å²) in [5.41, 5.74) is 7.48. The monoisotopic (exact) mass is 395 g/mol. The van der Waals surface area contributed by atoms with Gasteiger partial charge in [-0.15, -0.1) is 0 Å². The Morgan fingerprint density at radius 1 is 1.17 bits per heavy atom. The summed E-state index contributed by atoms with van der Waals surface area (Å²) in [6.45, 7) is -0.174. The number of ether oxygens (including phenoxy) is 1. The lowest BCUT2D eigenvalue weighted by Gasteiger charge is -2.07. The van der Waals surface area contributed by atoms with Crippen LogP contribution in [0, 0.1) is 0 Å². The van der Waals surface area contributed by atoms with Gasteiger partial charge >= 0.3 is 0 Å². The summed E-state index contributed by atoms with van der Waals surface area (Å²) in [6.07, 6.45) is 1.64. The number of Topliss-reactive ketones (excluding diaryl/α,β-unsaturated/α-hetero) is 1. The number of methoxy groups -OCH3 is 1. The molecule has 0 bridgehead atoms. The highest BCUT2D eigenvalue weighted by Gasteiger charge is 2.18. The number of hydrogen-bond acceptors (Lipinski definition) is 7. The van der Waals surface area contributed by atoms with Crippen LogP contribution >= 0.6 is 0 Å². The van der Waals surface area contributed by atoms with Gasteiger partial charge in [0.2, 0.25) is 5.89 Å². The van der Waals surface area contributed by atoms with Crippen molar-refractivity contribution in [1.29, 1.82) is 0 Å². The molecule has 1 unspecified atom stereocenters. The second-order valence-corrected chi connectivity index (χ2v) is 6.38. The van der Waals surface area contributed by atoms with Crippen LogP contribution in [0.1, 0.15) is 38.3 Å². The molecule has 1 amide bonds. The minimum absolute atomic E-state index is 0.0451. The molecule has 0 fully saturated rings. The number of carbonyl (C=O) groups excluding carboxylic acids is 2. The minimum atomic E-state index is -0.554. The van der Waals surface area contributed by atoms with Crippen LogP contribution in [0.5, 0.6) is 11.5 Å². The summed E-state index contributed by atoms with van der Waals surface area (Å²) in [7, 11) is 1.54. The smallest absolute Gasteiger partial charge is 0.273 e. The quantitative estimate of drug-likeness (QED) is 0.499. The van der Waals surface area contributed by atoms with E-state index in [0.29, 0.717) is 17.7 Å². The molecule has 29 heavy (non-hydrogen) atoms. The van der Waals surface area contributed by atoms with Gasteiger partial charge in [-0.1, -0.05) is 12.1 Å². The molecular weight excluding hydrogens is 374 g/mol. The van der Waals surface area contributed by atoms with Gasteiger partial charge in [-0.25, -0.2) is 4.98 Å². The predicted octanol–water partition coefficient (Wildman–Crippen LogP) is 2.24. The Morgan fingerprint density at radius 2 is 1.86 bits per heavy atom. The van der Waals surface area contributed by atoms with E-state index in [1.807, 2.05) is 0 Å². The number of oxazole rings is 1. The Morgan fingerprint density at radius 3 is 2.52 bits per heavy atom. The molecule has 0 aliphatic rings. The van der Waals surface area contributed by atoms with Crippen molar-refractivity contribution in [3.63, 3.8) is 0 Å². The number of aromatic nitrogens is 1. The van der Waals surface area contributed by atoms with Crippen LogP contribution in [0.3, 0.4) is 0 Å². The van der Waals surface area contributed by atoms with Gasteiger partial charge in [-0.2, -0.15) is 0 Å². The zero-order valence-corrected chi connectivity index (χ0v) is 15.8. The molecule has 8 heteroatoms. The lowest BCUT2D eigenvalue weighted by atomic mass is 10.1. The Balaban J connectivity index is 1.55. The van der Waals surface area contributed by atoms with E-state index in [2.05, 4.69) is 10.3 Å². The van der Waals surface area contributed by atoms with Crippen molar-refractivity contribution in [2.45, 2.75) is 12.5 Å². The highest BCUT2D eigenvalue weighted by molar-refractivity contribution is 6.01. The average Bonchev–Trinajstić information content (AvgIpc) is 3.24. The van der Waals surface area contributed by atoms with E-state index in [0.717, 1.165) is 5.56 Å². The number of ketones is 1. The van der Waals surface area contributed by atoms with Gasteiger partial charge in [0, 0.05) is 5.56 Å². The number of nitrogens with one attached hydrogen (secondary N) is 1. The molecule has 1 aromatic heterocycles. The zero-order valence-electron chi connectivity index (χ0n) is 15.8. The first-order valence-electron chi connectivity index (χ1n) is 8.90. The van der Waals surface area contributed by atoms with Crippen molar-refractivity contribution in [1.82, 2.24) is 10.3 Å². The molecule has 4 N–H and O–H groups in total. The number of benzene rings is 2. The van der Waals surface area contributed by atoms with Crippen LogP contribution in [-0.2, 0) is 6.42 Å². The van der Waals surface area contributed by atoms with Crippen molar-refractivity contribution >= 4 is 11.7 Å². The number of phenolic OH excluding ortho intramolecular Hbond substituents is 1. The van der Waals surface area contributed by atoms with E-state index in [4.69, 9.17) is 14.9 Å². The van der Waals surface area contributed by atoms with E-state index >= 15 is 0 Å². The van der Waals surface area contributed by atoms with Crippen molar-refractivity contribution in [3.8, 4) is 11.5 Å². The number of phenols is 1. The fourth-order valence-electron chi connectivity index (χ4n) is 2.67. The van der Waals surface area contributed by atoms with E-state index in [1.165, 1.54) is 6.26 Å². The van der Waals surface area contributed by atoms with Gasteiger partial charge in [0.1, 0.15) is 17.8 Å². The Labute approximate surface area is 167 Å². The summed E-state index contributed by atoms with van der Waals surface area (Å²) < 4.78 is 10.4. The second kappa shape index (κ2) is 9.03. The van der Waals surface area contributed by atoms with Gasteiger partial charge in [0.25, 0.3) is 5.91 Å². The zero-order chi connectivity index (χ0) is 20.8. The third-order valence-corrected chi connectivity index (χ3v) is 4.29. The maximum Gasteiger partial charge on any atom is 0.273 e. The molecule has 0 saturated heterocycles. The van der Waals surface area contributed by atoms with E-state index in [1.54, 1.807) is 55.6 Å². The van der Waals surface area contributed by atoms with Crippen LogP contribution in [0.4, 0.5) is 0 Å². The molecule has 8 nitrogen and oxygen atoms in total. The maximum absolute atomic E-state index is 12.2. The van der Waals surface area contributed by atoms with Crippen LogP contribution in [0.15, 0.2) is 59.2 Å². The van der Waals surface area contributed by atoms with Gasteiger partial charge in [-0.05, 0) is 48.4 Å². The van der Waals surface area contributed by atoms with Crippen LogP contribution < -0.4 is 15.8 Å². The number of nitrogens with two attached hydrogens (primary N) is 1. The Bertz CT molecular complexity index is 980. The van der Waals surface area contributed by atoms with Crippen molar-refractivity contribution in [2.24, 2.45) is 5.73 Å². The molecule has 0 radical (unpaired) electrons. The molecule has 0 aliphatic heterocycles. The fraction of sp³-hybridized carbons (Fsp3) is 0.190. The molecule has 0 spiro atoms. The van der Waals surface area contributed by atoms with Gasteiger partial charge in [0.15, 0.2) is 11.5 Å². The number of aromatic hydroxyl groups is 1. The van der Waals surface area contributed by atoms with Crippen LogP contribution in [0.25, 0.3) is 0 Å². The predicted molar refractivity (Wildman–Crippen MR) is 105 cm³/mol. The first kappa shape index (κ1) is 20.1. The number of rotatable bonds is 8. The molecule has 0 aliphatic carbocycles. The molecule has 150 valence electrons. The molecule has 3 rings (SSSR count). The first-order chi connectivity index (χ1) is 14.0. The fourth-order valence-corrected chi connectivity index (χ4v) is 2.67. The second-order valence-electron chi connectivity index (χ2n) is 6.38. The van der Waals surface area contributed by atoms with Crippen molar-refractivity contribution in [2.75, 3.05) is 13.7 Å². The van der Waals surface area contributed by atoms with E-state index in [9.17, 15) is 14.7 Å². The Hall–Kier alpha value is -3.65. The summed E-state index contributed by atoms with van der Waals surface area (Å²) in [5, 5.41) is 11.8. The minimum Gasteiger partial charge on any atom is -0.508 e. The number of hydrogen-bond donors (Lipinski definition) is 3. The maximum atomic E-state index is 12.2. The van der Waals surface area contributed by atoms with Crippen LogP contribution in [0.2, 0.25) is 0 Å². The standard InChI is InChI=1S/C21H21N3O5/c1-28-16-8-4-14(5-9-16)19(26)11-23-20(27)18-12-29-21(24-18)17(22)10-13-2-6-15(25)7-3-13/h2-9,12,17,25H,10-11,22H2,1H3,(H,23,27). The molecule has 0 saturated carbocycles. The van der Waals surface area contributed by atoms with Gasteiger partial charge in [-0.3, -0.25) is 9.59 Å². The van der Waals surface area contributed by atoms with Gasteiger partial charge < -0.3 is 25.3 Å². The topological polar surface area (TPSA) is 128 Å². The summed E-state index contributed by atoms with van der Waals surface area (Å²) in [4.78, 5) is 28.5.